The Kier molecular flexibility index (Phi) is 4.34. The van der Waals surface area contributed by atoms with Crippen molar-refractivity contribution in [1.29, 1.82) is 0 Å². The van der Waals surface area contributed by atoms with E-state index in [9.17, 15) is 4.79 Å². The molecular weight excluding hydrogens is 302 g/mol. The predicted molar refractivity (Wildman–Crippen MR) is 86.8 cm³/mol. The maximum atomic E-state index is 12.2. The summed E-state index contributed by atoms with van der Waals surface area (Å²) < 4.78 is 7.54. The highest BCUT2D eigenvalue weighted by Crippen LogP contribution is 2.26. The molecule has 6 heteroatoms. The van der Waals surface area contributed by atoms with E-state index < -0.39 is 0 Å². The van der Waals surface area contributed by atoms with Crippen molar-refractivity contribution in [2.75, 3.05) is 18.0 Å². The third-order valence-corrected chi connectivity index (χ3v) is 4.12. The summed E-state index contributed by atoms with van der Waals surface area (Å²) in [5, 5.41) is 0.605. The molecule has 2 aromatic rings. The molecule has 1 aliphatic heterocycles. The highest BCUT2D eigenvalue weighted by Gasteiger charge is 2.24. The lowest BCUT2D eigenvalue weighted by Crippen LogP contribution is -2.44. The summed E-state index contributed by atoms with van der Waals surface area (Å²) in [6, 6.07) is 7.45. The molecule has 1 aliphatic rings. The average Bonchev–Trinajstić information content (AvgIpc) is 2.53. The number of aromatic nitrogens is 2. The van der Waals surface area contributed by atoms with Gasteiger partial charge >= 0.3 is 0 Å². The van der Waals surface area contributed by atoms with E-state index in [1.165, 1.54) is 0 Å². The zero-order chi connectivity index (χ0) is 15.5. The van der Waals surface area contributed by atoms with Crippen LogP contribution in [0.3, 0.4) is 0 Å². The number of ether oxygens (including phenoxy) is 1. The average molecular weight is 320 g/mol. The molecule has 0 spiro atoms. The van der Waals surface area contributed by atoms with Crippen molar-refractivity contribution < 1.29 is 4.74 Å². The van der Waals surface area contributed by atoms with E-state index in [1.54, 1.807) is 24.0 Å². The van der Waals surface area contributed by atoms with Gasteiger partial charge in [0.05, 0.1) is 11.6 Å². The Morgan fingerprint density at radius 1 is 1.36 bits per heavy atom. The summed E-state index contributed by atoms with van der Waals surface area (Å²) in [6.45, 7) is 1.45. The molecule has 0 bridgehead atoms. The smallest absolute Gasteiger partial charge is 0.293 e. The molecule has 0 saturated carbocycles. The second kappa shape index (κ2) is 6.40. The molecule has 0 N–H and O–H groups in total. The van der Waals surface area contributed by atoms with Crippen molar-refractivity contribution >= 4 is 17.4 Å². The molecule has 0 amide bonds. The molecule has 5 nitrogen and oxygen atoms in total. The number of piperidine rings is 1. The number of rotatable bonds is 3. The molecule has 2 heterocycles. The Hall–Kier alpha value is -2.01. The summed E-state index contributed by atoms with van der Waals surface area (Å²) >= 11 is 6.14. The Morgan fingerprint density at radius 3 is 3.00 bits per heavy atom. The zero-order valence-electron chi connectivity index (χ0n) is 12.4. The van der Waals surface area contributed by atoms with Gasteiger partial charge in [0.25, 0.3) is 5.56 Å². The molecule has 1 saturated heterocycles. The van der Waals surface area contributed by atoms with Crippen molar-refractivity contribution in [3.63, 3.8) is 0 Å². The fourth-order valence-electron chi connectivity index (χ4n) is 2.65. The van der Waals surface area contributed by atoms with E-state index in [0.717, 1.165) is 19.4 Å². The van der Waals surface area contributed by atoms with Crippen molar-refractivity contribution in [2.24, 2.45) is 7.05 Å². The number of nitrogens with zero attached hydrogens (tertiary/aromatic N) is 3. The number of benzene rings is 1. The third kappa shape index (κ3) is 3.09. The monoisotopic (exact) mass is 319 g/mol. The maximum absolute atomic E-state index is 12.2. The van der Waals surface area contributed by atoms with Gasteiger partial charge in [0.2, 0.25) is 0 Å². The summed E-state index contributed by atoms with van der Waals surface area (Å²) in [6.07, 6.45) is 5.20. The van der Waals surface area contributed by atoms with Gasteiger partial charge in [-0.1, -0.05) is 23.7 Å². The fourth-order valence-corrected chi connectivity index (χ4v) is 2.83. The van der Waals surface area contributed by atoms with Crippen molar-refractivity contribution in [2.45, 2.75) is 18.9 Å². The largest absolute Gasteiger partial charge is 0.487 e. The van der Waals surface area contributed by atoms with E-state index in [-0.39, 0.29) is 11.7 Å². The number of anilines is 1. The second-order valence-electron chi connectivity index (χ2n) is 5.43. The number of para-hydroxylation sites is 1. The first-order valence-corrected chi connectivity index (χ1v) is 7.70. The van der Waals surface area contributed by atoms with Crippen LogP contribution >= 0.6 is 11.6 Å². The Bertz CT molecular complexity index is 717. The Balaban J connectivity index is 1.76. The molecule has 1 fully saturated rings. The lowest BCUT2D eigenvalue weighted by molar-refractivity contribution is 0.179. The van der Waals surface area contributed by atoms with Crippen LogP contribution in [-0.4, -0.2) is 28.7 Å². The minimum atomic E-state index is -0.0825. The maximum Gasteiger partial charge on any atom is 0.293 e. The quantitative estimate of drug-likeness (QED) is 0.872. The van der Waals surface area contributed by atoms with Crippen molar-refractivity contribution in [1.82, 2.24) is 9.55 Å². The lowest BCUT2D eigenvalue weighted by atomic mass is 10.1. The van der Waals surface area contributed by atoms with Crippen LogP contribution in [0, 0.1) is 0 Å². The van der Waals surface area contributed by atoms with Crippen LogP contribution in [0.2, 0.25) is 5.02 Å². The highest BCUT2D eigenvalue weighted by molar-refractivity contribution is 6.32. The first-order valence-electron chi connectivity index (χ1n) is 7.33. The SMILES string of the molecule is Cn1ccnc(N2CCCC(Oc3ccccc3Cl)C2)c1=O. The fraction of sp³-hybridized carbons (Fsp3) is 0.375. The van der Waals surface area contributed by atoms with E-state index in [2.05, 4.69) is 4.98 Å². The number of aryl methyl sites for hydroxylation is 1. The normalized spacial score (nSPS) is 18.3. The van der Waals surface area contributed by atoms with Crippen LogP contribution in [-0.2, 0) is 7.05 Å². The Morgan fingerprint density at radius 2 is 2.18 bits per heavy atom. The van der Waals surface area contributed by atoms with Crippen LogP contribution in [0.5, 0.6) is 5.75 Å². The highest BCUT2D eigenvalue weighted by atomic mass is 35.5. The van der Waals surface area contributed by atoms with Gasteiger partial charge < -0.3 is 14.2 Å². The van der Waals surface area contributed by atoms with Gasteiger partial charge in [-0.25, -0.2) is 4.98 Å². The van der Waals surface area contributed by atoms with Gasteiger partial charge in [-0.2, -0.15) is 0 Å². The topological polar surface area (TPSA) is 47.4 Å². The molecule has 1 atom stereocenters. The summed E-state index contributed by atoms with van der Waals surface area (Å²) in [5.74, 6) is 1.17. The first kappa shape index (κ1) is 14.9. The summed E-state index contributed by atoms with van der Waals surface area (Å²) in [7, 11) is 1.73. The molecule has 22 heavy (non-hydrogen) atoms. The van der Waals surface area contributed by atoms with E-state index in [1.807, 2.05) is 29.2 Å². The van der Waals surface area contributed by atoms with Crippen LogP contribution in [0.1, 0.15) is 12.8 Å². The third-order valence-electron chi connectivity index (χ3n) is 3.81. The molecule has 1 aromatic carbocycles. The van der Waals surface area contributed by atoms with Gasteiger partial charge in [0.15, 0.2) is 5.82 Å². The molecule has 1 unspecified atom stereocenters. The van der Waals surface area contributed by atoms with E-state index in [0.29, 0.717) is 23.1 Å². The first-order chi connectivity index (χ1) is 10.6. The second-order valence-corrected chi connectivity index (χ2v) is 5.83. The van der Waals surface area contributed by atoms with Gasteiger partial charge in [-0.05, 0) is 25.0 Å². The van der Waals surface area contributed by atoms with Gasteiger partial charge in [-0.15, -0.1) is 0 Å². The van der Waals surface area contributed by atoms with Gasteiger partial charge in [0, 0.05) is 26.0 Å². The van der Waals surface area contributed by atoms with Crippen LogP contribution in [0.15, 0.2) is 41.5 Å². The number of hydrogen-bond acceptors (Lipinski definition) is 4. The number of hydrogen-bond donors (Lipinski definition) is 0. The predicted octanol–water partition coefficient (Wildman–Crippen LogP) is 2.48. The molecule has 0 aliphatic carbocycles. The molecule has 1 aromatic heterocycles. The summed E-state index contributed by atoms with van der Waals surface area (Å²) in [4.78, 5) is 18.4. The molecule has 0 radical (unpaired) electrons. The lowest BCUT2D eigenvalue weighted by Gasteiger charge is -2.33. The standard InChI is InChI=1S/C16H18ClN3O2/c1-19-10-8-18-15(16(19)21)20-9-4-5-12(11-20)22-14-7-3-2-6-13(14)17/h2-3,6-8,10,12H,4-5,9,11H2,1H3. The minimum absolute atomic E-state index is 0.000335. The van der Waals surface area contributed by atoms with Crippen LogP contribution in [0.25, 0.3) is 0 Å². The van der Waals surface area contributed by atoms with Gasteiger partial charge in [-0.3, -0.25) is 4.79 Å². The Labute approximate surface area is 134 Å². The molecular formula is C16H18ClN3O2. The molecule has 116 valence electrons. The zero-order valence-corrected chi connectivity index (χ0v) is 13.2. The van der Waals surface area contributed by atoms with Crippen molar-refractivity contribution in [3.05, 3.63) is 52.0 Å². The van der Waals surface area contributed by atoms with E-state index >= 15 is 0 Å². The van der Waals surface area contributed by atoms with Crippen LogP contribution in [0.4, 0.5) is 5.82 Å². The summed E-state index contributed by atoms with van der Waals surface area (Å²) in [5.41, 5.74) is -0.0825. The van der Waals surface area contributed by atoms with E-state index in [4.69, 9.17) is 16.3 Å². The molecule has 3 rings (SSSR count). The number of halogens is 1. The minimum Gasteiger partial charge on any atom is -0.487 e. The van der Waals surface area contributed by atoms with Crippen molar-refractivity contribution in [3.8, 4) is 5.75 Å². The van der Waals surface area contributed by atoms with Gasteiger partial charge in [0.1, 0.15) is 11.9 Å². The van der Waals surface area contributed by atoms with Crippen LogP contribution < -0.4 is 15.2 Å².